The van der Waals surface area contributed by atoms with Gasteiger partial charge < -0.3 is 15.5 Å². The third-order valence-electron chi connectivity index (χ3n) is 4.23. The maximum Gasteiger partial charge on any atom is 0.222 e. The topological polar surface area (TPSA) is 90.9 Å². The van der Waals surface area contributed by atoms with Crippen molar-refractivity contribution < 1.29 is 13.2 Å². The third-order valence-corrected chi connectivity index (χ3v) is 6.25. The second kappa shape index (κ2) is 11.8. The molecule has 1 unspecified atom stereocenters. The number of nitrogens with zero attached hydrogens (tertiary/aromatic N) is 2. The fourth-order valence-corrected chi connectivity index (χ4v) is 4.68. The number of carbonyl (C=O) groups is 1. The van der Waals surface area contributed by atoms with Crippen molar-refractivity contribution in [2.45, 2.75) is 32.4 Å². The van der Waals surface area contributed by atoms with Crippen LogP contribution in [0, 0.1) is 0 Å². The summed E-state index contributed by atoms with van der Waals surface area (Å²) in [5, 5.41) is 6.69. The van der Waals surface area contributed by atoms with Crippen LogP contribution >= 0.6 is 35.6 Å². The molecule has 28 heavy (non-hydrogen) atoms. The number of aliphatic imine (C=N–C) groups is 1. The molecule has 0 aliphatic carbocycles. The smallest absolute Gasteiger partial charge is 0.222 e. The molecule has 1 atom stereocenters. The van der Waals surface area contributed by atoms with Gasteiger partial charge in [-0.2, -0.15) is 0 Å². The van der Waals surface area contributed by atoms with E-state index in [1.807, 2.05) is 43.1 Å². The lowest BCUT2D eigenvalue weighted by Crippen LogP contribution is -2.39. The van der Waals surface area contributed by atoms with Crippen molar-refractivity contribution in [2.24, 2.45) is 4.99 Å². The summed E-state index contributed by atoms with van der Waals surface area (Å²) in [6.45, 7) is 3.70. The van der Waals surface area contributed by atoms with Crippen LogP contribution in [0.15, 0.2) is 29.3 Å². The Balaban J connectivity index is 0.00000392. The van der Waals surface area contributed by atoms with Gasteiger partial charge >= 0.3 is 0 Å². The Kier molecular flexibility index (Phi) is 10.5. The van der Waals surface area contributed by atoms with Gasteiger partial charge in [0.2, 0.25) is 5.91 Å². The van der Waals surface area contributed by atoms with Crippen LogP contribution in [0.4, 0.5) is 0 Å². The molecule has 1 saturated heterocycles. The van der Waals surface area contributed by atoms with E-state index >= 15 is 0 Å². The molecule has 1 aliphatic heterocycles. The Morgan fingerprint density at radius 3 is 2.57 bits per heavy atom. The second-order valence-electron chi connectivity index (χ2n) is 6.64. The second-order valence-corrected chi connectivity index (χ2v) is 9.30. The third kappa shape index (κ3) is 8.52. The summed E-state index contributed by atoms with van der Waals surface area (Å²) in [5.41, 5.74) is 1.10. The lowest BCUT2D eigenvalue weighted by molar-refractivity contribution is -0.121. The standard InChI is InChI=1S/C18H27ClN4O3S.HI/c1-3-20-18(23(2)12-14-4-6-15(19)7-5-14)21-10-8-17(24)22-16-9-11-27(25,26)13-16;/h4-7,16H,3,8-13H2,1-2H3,(H,20,21)(H,22,24);1H. The zero-order valence-corrected chi connectivity index (χ0v) is 20.1. The molecule has 0 bridgehead atoms. The summed E-state index contributed by atoms with van der Waals surface area (Å²) in [6, 6.07) is 7.36. The number of amides is 1. The van der Waals surface area contributed by atoms with E-state index in [2.05, 4.69) is 15.6 Å². The highest BCUT2D eigenvalue weighted by Gasteiger charge is 2.28. The van der Waals surface area contributed by atoms with Crippen LogP contribution in [-0.2, 0) is 21.2 Å². The molecule has 7 nitrogen and oxygen atoms in total. The van der Waals surface area contributed by atoms with Crippen LogP contribution in [0.1, 0.15) is 25.3 Å². The van der Waals surface area contributed by atoms with Gasteiger partial charge in [0.1, 0.15) is 0 Å². The van der Waals surface area contributed by atoms with Crippen molar-refractivity contribution in [1.29, 1.82) is 0 Å². The van der Waals surface area contributed by atoms with Crippen molar-refractivity contribution in [3.8, 4) is 0 Å². The molecule has 10 heteroatoms. The molecule has 1 aliphatic rings. The molecule has 1 amide bonds. The fourth-order valence-electron chi connectivity index (χ4n) is 2.88. The molecule has 1 heterocycles. The van der Waals surface area contributed by atoms with E-state index in [-0.39, 0.29) is 53.9 Å². The van der Waals surface area contributed by atoms with Gasteiger partial charge in [-0.1, -0.05) is 23.7 Å². The quantitative estimate of drug-likeness (QED) is 0.313. The summed E-state index contributed by atoms with van der Waals surface area (Å²) >= 11 is 5.91. The minimum absolute atomic E-state index is 0. The SMILES string of the molecule is CCNC(=NCCC(=O)NC1CCS(=O)(=O)C1)N(C)Cc1ccc(Cl)cc1.I. The number of guanidine groups is 1. The van der Waals surface area contributed by atoms with Crippen molar-refractivity contribution in [1.82, 2.24) is 15.5 Å². The van der Waals surface area contributed by atoms with Crippen molar-refractivity contribution >= 4 is 57.3 Å². The van der Waals surface area contributed by atoms with Crippen LogP contribution in [0.5, 0.6) is 0 Å². The van der Waals surface area contributed by atoms with Gasteiger partial charge in [0.25, 0.3) is 0 Å². The number of hydrogen-bond acceptors (Lipinski definition) is 4. The summed E-state index contributed by atoms with van der Waals surface area (Å²) in [4.78, 5) is 18.5. The van der Waals surface area contributed by atoms with E-state index in [1.54, 1.807) is 0 Å². The first-order valence-corrected chi connectivity index (χ1v) is 11.2. The Labute approximate surface area is 189 Å². The number of hydrogen-bond donors (Lipinski definition) is 2. The molecule has 2 rings (SSSR count). The Bertz CT molecular complexity index is 772. The molecule has 158 valence electrons. The lowest BCUT2D eigenvalue weighted by Gasteiger charge is -2.22. The van der Waals surface area contributed by atoms with Crippen LogP contribution in [0.25, 0.3) is 0 Å². The molecule has 1 fully saturated rings. The minimum Gasteiger partial charge on any atom is -0.357 e. The zero-order chi connectivity index (χ0) is 19.9. The van der Waals surface area contributed by atoms with Crippen LogP contribution < -0.4 is 10.6 Å². The minimum atomic E-state index is -2.99. The van der Waals surface area contributed by atoms with E-state index < -0.39 is 9.84 Å². The summed E-state index contributed by atoms with van der Waals surface area (Å²) in [5.74, 6) is 0.728. The van der Waals surface area contributed by atoms with E-state index in [4.69, 9.17) is 11.6 Å². The Morgan fingerprint density at radius 1 is 1.32 bits per heavy atom. The number of carbonyl (C=O) groups excluding carboxylic acids is 1. The zero-order valence-electron chi connectivity index (χ0n) is 16.2. The van der Waals surface area contributed by atoms with Crippen molar-refractivity contribution in [2.75, 3.05) is 31.6 Å². The Morgan fingerprint density at radius 2 is 2.00 bits per heavy atom. The molecule has 0 aromatic heterocycles. The number of benzene rings is 1. The first-order chi connectivity index (χ1) is 12.8. The summed E-state index contributed by atoms with van der Waals surface area (Å²) in [7, 11) is -1.06. The number of rotatable bonds is 7. The van der Waals surface area contributed by atoms with Gasteiger partial charge in [-0.05, 0) is 31.0 Å². The van der Waals surface area contributed by atoms with Crippen LogP contribution in [0.3, 0.4) is 0 Å². The molecular formula is C18H28ClIN4O3S. The molecule has 1 aromatic carbocycles. The molecular weight excluding hydrogens is 515 g/mol. The normalized spacial score (nSPS) is 18.2. The molecule has 2 N–H and O–H groups in total. The van der Waals surface area contributed by atoms with Gasteiger partial charge in [0.05, 0.1) is 18.1 Å². The van der Waals surface area contributed by atoms with Gasteiger partial charge in [0.15, 0.2) is 15.8 Å². The molecule has 0 spiro atoms. The van der Waals surface area contributed by atoms with E-state index in [0.29, 0.717) is 30.5 Å². The number of sulfone groups is 1. The molecule has 1 aromatic rings. The van der Waals surface area contributed by atoms with Crippen molar-refractivity contribution in [3.05, 3.63) is 34.9 Å². The van der Waals surface area contributed by atoms with Crippen LogP contribution in [-0.4, -0.2) is 62.9 Å². The largest absolute Gasteiger partial charge is 0.357 e. The van der Waals surface area contributed by atoms with E-state index in [1.165, 1.54) is 0 Å². The summed E-state index contributed by atoms with van der Waals surface area (Å²) in [6.07, 6.45) is 0.712. The van der Waals surface area contributed by atoms with E-state index in [0.717, 1.165) is 12.1 Å². The predicted octanol–water partition coefficient (Wildman–Crippen LogP) is 2.05. The highest BCUT2D eigenvalue weighted by molar-refractivity contribution is 14.0. The average molecular weight is 543 g/mol. The first-order valence-electron chi connectivity index (χ1n) is 9.02. The van der Waals surface area contributed by atoms with Gasteiger partial charge in [-0.25, -0.2) is 8.42 Å². The van der Waals surface area contributed by atoms with Crippen molar-refractivity contribution in [3.63, 3.8) is 0 Å². The van der Waals surface area contributed by atoms with Gasteiger partial charge in [-0.15, -0.1) is 24.0 Å². The molecule has 0 radical (unpaired) electrons. The van der Waals surface area contributed by atoms with Gasteiger partial charge in [0, 0.05) is 37.6 Å². The number of halogens is 2. The lowest BCUT2D eigenvalue weighted by atomic mass is 10.2. The highest BCUT2D eigenvalue weighted by atomic mass is 127. The Hall–Kier alpha value is -1.07. The first kappa shape index (κ1) is 25.0. The van der Waals surface area contributed by atoms with E-state index in [9.17, 15) is 13.2 Å². The fraction of sp³-hybridized carbons (Fsp3) is 0.556. The van der Waals surface area contributed by atoms with Gasteiger partial charge in [-0.3, -0.25) is 9.79 Å². The average Bonchev–Trinajstić information content (AvgIpc) is 2.94. The molecule has 0 saturated carbocycles. The number of nitrogens with one attached hydrogen (secondary N) is 2. The van der Waals surface area contributed by atoms with Crippen LogP contribution in [0.2, 0.25) is 5.02 Å². The monoisotopic (exact) mass is 542 g/mol. The maximum absolute atomic E-state index is 12.0. The predicted molar refractivity (Wildman–Crippen MR) is 124 cm³/mol. The summed E-state index contributed by atoms with van der Waals surface area (Å²) < 4.78 is 22.9. The maximum atomic E-state index is 12.0. The highest BCUT2D eigenvalue weighted by Crippen LogP contribution is 2.12.